The molecule has 2 N–H and O–H groups in total. The molecule has 1 unspecified atom stereocenters. The third-order valence-corrected chi connectivity index (χ3v) is 4.72. The van der Waals surface area contributed by atoms with E-state index in [1.54, 1.807) is 11.3 Å². The Morgan fingerprint density at radius 1 is 1.38 bits per heavy atom. The van der Waals surface area contributed by atoms with Gasteiger partial charge >= 0.3 is 0 Å². The second-order valence-corrected chi connectivity index (χ2v) is 6.76. The first-order valence-electron chi connectivity index (χ1n) is 8.72. The smallest absolute Gasteiger partial charge is 0.191 e. The Morgan fingerprint density at radius 2 is 2.25 bits per heavy atom. The van der Waals surface area contributed by atoms with Crippen LogP contribution >= 0.6 is 11.3 Å². The third kappa shape index (κ3) is 6.00. The minimum Gasteiger partial charge on any atom is -0.357 e. The molecule has 0 aliphatic rings. The van der Waals surface area contributed by atoms with Crippen LogP contribution in [0.5, 0.6) is 0 Å². The Kier molecular flexibility index (Phi) is 7.82. The number of aromatic nitrogens is 2. The van der Waals surface area contributed by atoms with Crippen molar-refractivity contribution in [1.82, 2.24) is 20.2 Å². The fourth-order valence-corrected chi connectivity index (χ4v) is 3.27. The first kappa shape index (κ1) is 18.5. The number of thiophene rings is 1. The number of aryl methyl sites for hydroxylation is 2. The molecule has 2 rings (SSSR count). The lowest BCUT2D eigenvalue weighted by atomic mass is 10.1. The Labute approximate surface area is 149 Å². The topological polar surface area (TPSA) is 54.2 Å². The van der Waals surface area contributed by atoms with Crippen molar-refractivity contribution in [2.24, 2.45) is 4.99 Å². The standard InChI is InChI=1S/C18H29N5S/c1-4-19-18(22-13-15(2)17-7-12-24-14-17)21-8-5-6-10-23-11-9-20-16(23)3/h7,9,11-12,14-15H,4-6,8,10,13H2,1-3H3,(H2,19,21,22). The van der Waals surface area contributed by atoms with Crippen molar-refractivity contribution in [2.45, 2.75) is 46.1 Å². The first-order valence-corrected chi connectivity index (χ1v) is 9.67. The van der Waals surface area contributed by atoms with Crippen LogP contribution < -0.4 is 10.6 Å². The van der Waals surface area contributed by atoms with Gasteiger partial charge in [0.15, 0.2) is 5.96 Å². The SMILES string of the molecule is CCNC(=NCC(C)c1ccsc1)NCCCCn1ccnc1C. The number of nitrogens with one attached hydrogen (secondary N) is 2. The molecule has 1 atom stereocenters. The van der Waals surface area contributed by atoms with Gasteiger partial charge in [-0.1, -0.05) is 6.92 Å². The van der Waals surface area contributed by atoms with Crippen molar-refractivity contribution in [3.63, 3.8) is 0 Å². The Bertz CT molecular complexity index is 603. The van der Waals surface area contributed by atoms with Crippen molar-refractivity contribution in [3.8, 4) is 0 Å². The molecule has 0 bridgehead atoms. The molecule has 0 saturated heterocycles. The van der Waals surface area contributed by atoms with E-state index in [1.165, 1.54) is 5.56 Å². The van der Waals surface area contributed by atoms with Crippen LogP contribution in [0.25, 0.3) is 0 Å². The highest BCUT2D eigenvalue weighted by molar-refractivity contribution is 7.07. The summed E-state index contributed by atoms with van der Waals surface area (Å²) in [6.07, 6.45) is 6.15. The number of imidazole rings is 1. The minimum atomic E-state index is 0.455. The maximum Gasteiger partial charge on any atom is 0.191 e. The molecule has 0 fully saturated rings. The summed E-state index contributed by atoms with van der Waals surface area (Å²) in [5.41, 5.74) is 1.37. The van der Waals surface area contributed by atoms with Crippen LogP contribution in [0.3, 0.4) is 0 Å². The predicted octanol–water partition coefficient (Wildman–Crippen LogP) is 3.39. The summed E-state index contributed by atoms with van der Waals surface area (Å²) < 4.78 is 2.20. The highest BCUT2D eigenvalue weighted by Crippen LogP contribution is 2.18. The van der Waals surface area contributed by atoms with Crippen LogP contribution in [0.4, 0.5) is 0 Å². The van der Waals surface area contributed by atoms with E-state index in [2.05, 4.69) is 50.9 Å². The average molecular weight is 348 g/mol. The van der Waals surface area contributed by atoms with E-state index in [1.807, 2.05) is 19.3 Å². The normalized spacial score (nSPS) is 13.0. The molecule has 6 heteroatoms. The summed E-state index contributed by atoms with van der Waals surface area (Å²) in [6.45, 7) is 10.0. The summed E-state index contributed by atoms with van der Waals surface area (Å²) in [6, 6.07) is 2.18. The lowest BCUT2D eigenvalue weighted by molar-refractivity contribution is 0.588. The molecule has 2 heterocycles. The van der Waals surface area contributed by atoms with Crippen molar-refractivity contribution in [2.75, 3.05) is 19.6 Å². The largest absolute Gasteiger partial charge is 0.357 e. The predicted molar refractivity (Wildman–Crippen MR) is 103 cm³/mol. The zero-order valence-electron chi connectivity index (χ0n) is 15.0. The number of nitrogens with zero attached hydrogens (tertiary/aromatic N) is 3. The summed E-state index contributed by atoms with van der Waals surface area (Å²) in [4.78, 5) is 8.96. The molecule has 0 aliphatic carbocycles. The number of guanidine groups is 1. The molecule has 0 aromatic carbocycles. The van der Waals surface area contributed by atoms with Crippen LogP contribution in [-0.2, 0) is 6.54 Å². The zero-order chi connectivity index (χ0) is 17.2. The first-order chi connectivity index (χ1) is 11.7. The number of rotatable bonds is 9. The zero-order valence-corrected chi connectivity index (χ0v) is 15.8. The molecule has 0 saturated carbocycles. The summed E-state index contributed by atoms with van der Waals surface area (Å²) in [5.74, 6) is 2.45. The Morgan fingerprint density at radius 3 is 2.92 bits per heavy atom. The van der Waals surface area contributed by atoms with Gasteiger partial charge in [-0.2, -0.15) is 11.3 Å². The van der Waals surface area contributed by atoms with Crippen LogP contribution in [0.1, 0.15) is 44.0 Å². The molecule has 0 radical (unpaired) electrons. The van der Waals surface area contributed by atoms with Gasteiger partial charge in [-0.05, 0) is 49.1 Å². The number of hydrogen-bond donors (Lipinski definition) is 2. The van der Waals surface area contributed by atoms with Crippen LogP contribution in [0, 0.1) is 6.92 Å². The lowest BCUT2D eigenvalue weighted by Gasteiger charge is -2.13. The lowest BCUT2D eigenvalue weighted by Crippen LogP contribution is -2.38. The minimum absolute atomic E-state index is 0.455. The van der Waals surface area contributed by atoms with E-state index in [-0.39, 0.29) is 0 Å². The van der Waals surface area contributed by atoms with Crippen LogP contribution in [0.2, 0.25) is 0 Å². The maximum atomic E-state index is 4.71. The summed E-state index contributed by atoms with van der Waals surface area (Å²) >= 11 is 1.75. The highest BCUT2D eigenvalue weighted by atomic mass is 32.1. The van der Waals surface area contributed by atoms with Gasteiger partial charge in [-0.25, -0.2) is 4.98 Å². The van der Waals surface area contributed by atoms with Gasteiger partial charge in [-0.3, -0.25) is 4.99 Å². The van der Waals surface area contributed by atoms with E-state index in [0.717, 1.165) is 50.8 Å². The quantitative estimate of drug-likeness (QED) is 0.415. The highest BCUT2D eigenvalue weighted by Gasteiger charge is 2.06. The van der Waals surface area contributed by atoms with E-state index in [0.29, 0.717) is 5.92 Å². The third-order valence-electron chi connectivity index (χ3n) is 4.02. The number of unbranched alkanes of at least 4 members (excludes halogenated alkanes) is 1. The Balaban J connectivity index is 1.70. The van der Waals surface area contributed by atoms with Gasteiger partial charge in [-0.15, -0.1) is 0 Å². The summed E-state index contributed by atoms with van der Waals surface area (Å²) in [7, 11) is 0. The van der Waals surface area contributed by atoms with Gasteiger partial charge < -0.3 is 15.2 Å². The molecule has 0 spiro atoms. The summed E-state index contributed by atoms with van der Waals surface area (Å²) in [5, 5.41) is 11.1. The van der Waals surface area contributed by atoms with Crippen molar-refractivity contribution in [1.29, 1.82) is 0 Å². The average Bonchev–Trinajstić information content (AvgIpc) is 3.24. The van der Waals surface area contributed by atoms with Crippen molar-refractivity contribution >= 4 is 17.3 Å². The molecular weight excluding hydrogens is 318 g/mol. The molecule has 132 valence electrons. The molecular formula is C18H29N5S. The van der Waals surface area contributed by atoms with E-state index in [9.17, 15) is 0 Å². The molecule has 2 aromatic heterocycles. The fraction of sp³-hybridized carbons (Fsp3) is 0.556. The van der Waals surface area contributed by atoms with E-state index < -0.39 is 0 Å². The molecule has 2 aromatic rings. The molecule has 5 nitrogen and oxygen atoms in total. The second-order valence-electron chi connectivity index (χ2n) is 5.98. The van der Waals surface area contributed by atoms with Crippen LogP contribution in [0.15, 0.2) is 34.2 Å². The van der Waals surface area contributed by atoms with Crippen LogP contribution in [-0.4, -0.2) is 35.1 Å². The van der Waals surface area contributed by atoms with Crippen molar-refractivity contribution in [3.05, 3.63) is 40.6 Å². The second kappa shape index (κ2) is 10.1. The Hall–Kier alpha value is -1.82. The fourth-order valence-electron chi connectivity index (χ4n) is 2.48. The molecule has 0 aliphatic heterocycles. The van der Waals surface area contributed by atoms with Gasteiger partial charge in [0.1, 0.15) is 5.82 Å². The van der Waals surface area contributed by atoms with Gasteiger partial charge in [0.25, 0.3) is 0 Å². The number of aliphatic imine (C=N–C) groups is 1. The number of hydrogen-bond acceptors (Lipinski definition) is 3. The van der Waals surface area contributed by atoms with Gasteiger partial charge in [0.05, 0.1) is 0 Å². The molecule has 24 heavy (non-hydrogen) atoms. The maximum absolute atomic E-state index is 4.71. The monoisotopic (exact) mass is 347 g/mol. The van der Waals surface area contributed by atoms with Gasteiger partial charge in [0.2, 0.25) is 0 Å². The van der Waals surface area contributed by atoms with Gasteiger partial charge in [0, 0.05) is 44.5 Å². The van der Waals surface area contributed by atoms with Crippen molar-refractivity contribution < 1.29 is 0 Å². The van der Waals surface area contributed by atoms with E-state index >= 15 is 0 Å². The molecule has 0 amide bonds. The van der Waals surface area contributed by atoms with E-state index in [4.69, 9.17) is 4.99 Å².